The zero-order valence-corrected chi connectivity index (χ0v) is 12.6. The molecule has 0 bridgehead atoms. The van der Waals surface area contributed by atoms with Crippen LogP contribution >= 0.6 is 0 Å². The Morgan fingerprint density at radius 3 is 2.35 bits per heavy atom. The summed E-state index contributed by atoms with van der Waals surface area (Å²) in [6.07, 6.45) is 4.67. The van der Waals surface area contributed by atoms with Gasteiger partial charge in [0.1, 0.15) is 0 Å². The highest BCUT2D eigenvalue weighted by molar-refractivity contribution is 5.79. The van der Waals surface area contributed by atoms with Crippen molar-refractivity contribution in [3.05, 3.63) is 35.4 Å². The molecule has 0 saturated carbocycles. The number of nitrogens with zero attached hydrogens (tertiary/aromatic N) is 1. The van der Waals surface area contributed by atoms with Crippen LogP contribution in [0, 0.1) is 0 Å². The number of aliphatic hydroxyl groups is 1. The quantitative estimate of drug-likeness (QED) is 0.867. The van der Waals surface area contributed by atoms with Crippen LogP contribution in [-0.2, 0) is 17.6 Å². The minimum Gasteiger partial charge on any atom is -0.386 e. The summed E-state index contributed by atoms with van der Waals surface area (Å²) in [6.45, 7) is 5.11. The Hall–Kier alpha value is -1.35. The first kappa shape index (κ1) is 15.0. The molecule has 1 aliphatic heterocycles. The molecule has 1 aromatic carbocycles. The molecular formula is C17H25NO2. The van der Waals surface area contributed by atoms with E-state index in [2.05, 4.69) is 31.2 Å². The van der Waals surface area contributed by atoms with E-state index in [9.17, 15) is 9.90 Å². The highest BCUT2D eigenvalue weighted by Crippen LogP contribution is 2.24. The second-order valence-electron chi connectivity index (χ2n) is 5.92. The second-order valence-corrected chi connectivity index (χ2v) is 5.92. The number of rotatable bonds is 6. The third-order valence-electron chi connectivity index (χ3n) is 4.18. The average molecular weight is 275 g/mol. The van der Waals surface area contributed by atoms with Crippen molar-refractivity contribution in [1.29, 1.82) is 0 Å². The van der Waals surface area contributed by atoms with E-state index in [4.69, 9.17) is 0 Å². The van der Waals surface area contributed by atoms with Crippen LogP contribution in [0.3, 0.4) is 0 Å². The Morgan fingerprint density at radius 1 is 1.20 bits per heavy atom. The SMILES string of the molecule is CCCCc1ccc(CC(=O)N2CC(O)(CC)C2)cc1. The number of amides is 1. The van der Waals surface area contributed by atoms with E-state index in [1.54, 1.807) is 4.90 Å². The molecule has 3 nitrogen and oxygen atoms in total. The molecule has 0 aliphatic carbocycles. The van der Waals surface area contributed by atoms with Gasteiger partial charge in [0.15, 0.2) is 0 Å². The molecule has 1 saturated heterocycles. The smallest absolute Gasteiger partial charge is 0.227 e. The highest BCUT2D eigenvalue weighted by atomic mass is 16.3. The summed E-state index contributed by atoms with van der Waals surface area (Å²) in [4.78, 5) is 13.8. The lowest BCUT2D eigenvalue weighted by Gasteiger charge is -2.46. The van der Waals surface area contributed by atoms with Crippen molar-refractivity contribution in [2.75, 3.05) is 13.1 Å². The van der Waals surface area contributed by atoms with Crippen LogP contribution < -0.4 is 0 Å². The minimum atomic E-state index is -0.639. The molecule has 0 unspecified atom stereocenters. The number of likely N-dealkylation sites (tertiary alicyclic amines) is 1. The lowest BCUT2D eigenvalue weighted by Crippen LogP contribution is -2.63. The van der Waals surface area contributed by atoms with Gasteiger partial charge in [0.2, 0.25) is 5.91 Å². The van der Waals surface area contributed by atoms with Crippen molar-refractivity contribution in [2.24, 2.45) is 0 Å². The standard InChI is InChI=1S/C17H25NO2/c1-3-5-6-14-7-9-15(10-8-14)11-16(19)18-12-17(20,4-2)13-18/h7-10,20H,3-6,11-13H2,1-2H3. The van der Waals surface area contributed by atoms with Crippen molar-refractivity contribution in [1.82, 2.24) is 4.90 Å². The molecule has 1 aliphatic rings. The summed E-state index contributed by atoms with van der Waals surface area (Å²) in [5.74, 6) is 0.115. The van der Waals surface area contributed by atoms with Crippen LogP contribution in [0.25, 0.3) is 0 Å². The summed E-state index contributed by atoms with van der Waals surface area (Å²) in [7, 11) is 0. The molecule has 1 fully saturated rings. The Kier molecular flexibility index (Phi) is 4.81. The third kappa shape index (κ3) is 3.60. The largest absolute Gasteiger partial charge is 0.386 e. The molecule has 1 amide bonds. The fourth-order valence-corrected chi connectivity index (χ4v) is 2.56. The minimum absolute atomic E-state index is 0.115. The van der Waals surface area contributed by atoms with Crippen molar-refractivity contribution >= 4 is 5.91 Å². The summed E-state index contributed by atoms with van der Waals surface area (Å²) in [6, 6.07) is 8.34. The molecule has 1 N–H and O–H groups in total. The second kappa shape index (κ2) is 6.40. The normalized spacial score (nSPS) is 16.9. The third-order valence-corrected chi connectivity index (χ3v) is 4.18. The maximum absolute atomic E-state index is 12.1. The van der Waals surface area contributed by atoms with Crippen molar-refractivity contribution in [2.45, 2.75) is 51.6 Å². The zero-order chi connectivity index (χ0) is 14.6. The molecule has 0 radical (unpaired) electrons. The molecule has 0 spiro atoms. The average Bonchev–Trinajstić information content (AvgIpc) is 2.43. The van der Waals surface area contributed by atoms with Crippen LogP contribution in [0.4, 0.5) is 0 Å². The number of benzene rings is 1. The van der Waals surface area contributed by atoms with Gasteiger partial charge in [-0.2, -0.15) is 0 Å². The predicted molar refractivity (Wildman–Crippen MR) is 80.6 cm³/mol. The van der Waals surface area contributed by atoms with Crippen LogP contribution in [0.2, 0.25) is 0 Å². The van der Waals surface area contributed by atoms with Gasteiger partial charge in [-0.1, -0.05) is 44.5 Å². The van der Waals surface area contributed by atoms with Gasteiger partial charge in [0.05, 0.1) is 25.1 Å². The molecule has 2 rings (SSSR count). The van der Waals surface area contributed by atoms with E-state index in [0.29, 0.717) is 25.9 Å². The van der Waals surface area contributed by atoms with Crippen LogP contribution in [0.5, 0.6) is 0 Å². The van der Waals surface area contributed by atoms with E-state index in [-0.39, 0.29) is 5.91 Å². The number of aryl methyl sites for hydroxylation is 1. The highest BCUT2D eigenvalue weighted by Gasteiger charge is 2.41. The van der Waals surface area contributed by atoms with E-state index in [0.717, 1.165) is 12.0 Å². The van der Waals surface area contributed by atoms with Gasteiger partial charge < -0.3 is 10.0 Å². The summed E-state index contributed by atoms with van der Waals surface area (Å²) in [5, 5.41) is 9.93. The Bertz CT molecular complexity index is 447. The molecule has 1 aromatic rings. The van der Waals surface area contributed by atoms with Gasteiger partial charge in [0, 0.05) is 0 Å². The fraction of sp³-hybridized carbons (Fsp3) is 0.588. The van der Waals surface area contributed by atoms with Gasteiger partial charge in [-0.25, -0.2) is 0 Å². The van der Waals surface area contributed by atoms with Gasteiger partial charge in [-0.05, 0) is 30.4 Å². The van der Waals surface area contributed by atoms with Gasteiger partial charge in [-0.15, -0.1) is 0 Å². The molecule has 20 heavy (non-hydrogen) atoms. The maximum atomic E-state index is 12.1. The number of carbonyl (C=O) groups excluding carboxylic acids is 1. The molecule has 0 aromatic heterocycles. The number of unbranched alkanes of at least 4 members (excludes halogenated alkanes) is 1. The van der Waals surface area contributed by atoms with Crippen LogP contribution in [0.1, 0.15) is 44.2 Å². The molecule has 110 valence electrons. The molecular weight excluding hydrogens is 250 g/mol. The summed E-state index contributed by atoms with van der Waals surface area (Å²) >= 11 is 0. The molecule has 1 heterocycles. The van der Waals surface area contributed by atoms with E-state index in [1.165, 1.54) is 18.4 Å². The van der Waals surface area contributed by atoms with Crippen molar-refractivity contribution < 1.29 is 9.90 Å². The van der Waals surface area contributed by atoms with Crippen molar-refractivity contribution in [3.8, 4) is 0 Å². The Morgan fingerprint density at radius 2 is 1.80 bits per heavy atom. The topological polar surface area (TPSA) is 40.5 Å². The van der Waals surface area contributed by atoms with Gasteiger partial charge in [0.25, 0.3) is 0 Å². The number of carbonyl (C=O) groups is 1. The Balaban J connectivity index is 1.83. The van der Waals surface area contributed by atoms with Crippen LogP contribution in [0.15, 0.2) is 24.3 Å². The predicted octanol–water partition coefficient (Wildman–Crippen LogP) is 2.56. The number of β-amino-alcohol motifs (C(OH)–C–C–N with tert-alkyl or cyclic N) is 1. The lowest BCUT2D eigenvalue weighted by molar-refractivity contribution is -0.155. The number of hydrogen-bond acceptors (Lipinski definition) is 2. The monoisotopic (exact) mass is 275 g/mol. The summed E-state index contributed by atoms with van der Waals surface area (Å²) < 4.78 is 0. The summed E-state index contributed by atoms with van der Waals surface area (Å²) in [5.41, 5.74) is 1.76. The fourth-order valence-electron chi connectivity index (χ4n) is 2.56. The van der Waals surface area contributed by atoms with E-state index >= 15 is 0 Å². The van der Waals surface area contributed by atoms with Crippen LogP contribution in [-0.4, -0.2) is 34.6 Å². The van der Waals surface area contributed by atoms with E-state index < -0.39 is 5.60 Å². The first-order valence-corrected chi connectivity index (χ1v) is 7.64. The van der Waals surface area contributed by atoms with E-state index in [1.807, 2.05) is 6.92 Å². The van der Waals surface area contributed by atoms with Gasteiger partial charge in [-0.3, -0.25) is 4.79 Å². The lowest BCUT2D eigenvalue weighted by atomic mass is 9.90. The maximum Gasteiger partial charge on any atom is 0.227 e. The zero-order valence-electron chi connectivity index (χ0n) is 12.6. The number of hydrogen-bond donors (Lipinski definition) is 1. The van der Waals surface area contributed by atoms with Crippen molar-refractivity contribution in [3.63, 3.8) is 0 Å². The molecule has 3 heteroatoms. The molecule has 0 atom stereocenters. The Labute approximate surface area is 121 Å². The first-order chi connectivity index (χ1) is 9.56. The van der Waals surface area contributed by atoms with Gasteiger partial charge >= 0.3 is 0 Å². The first-order valence-electron chi connectivity index (χ1n) is 7.64.